The molecule has 0 aliphatic heterocycles. The van der Waals surface area contributed by atoms with E-state index in [-0.39, 0.29) is 0 Å². The molecule has 0 fully saturated rings. The minimum atomic E-state index is 0.932. The zero-order chi connectivity index (χ0) is 13.1. The Morgan fingerprint density at radius 3 is 2.06 bits per heavy atom. The lowest BCUT2D eigenvalue weighted by molar-refractivity contribution is 1.16. The van der Waals surface area contributed by atoms with Crippen molar-refractivity contribution >= 4 is 5.57 Å². The van der Waals surface area contributed by atoms with E-state index in [1.54, 1.807) is 0 Å². The summed E-state index contributed by atoms with van der Waals surface area (Å²) in [5.41, 5.74) is 7.89. The molecule has 0 N–H and O–H groups in total. The summed E-state index contributed by atoms with van der Waals surface area (Å²) < 4.78 is 0. The average Bonchev–Trinajstić information content (AvgIpc) is 2.34. The van der Waals surface area contributed by atoms with Gasteiger partial charge in [0, 0.05) is 0 Å². The second kappa shape index (κ2) is 5.22. The van der Waals surface area contributed by atoms with Gasteiger partial charge >= 0.3 is 0 Å². The third kappa shape index (κ3) is 2.70. The van der Waals surface area contributed by atoms with Crippen molar-refractivity contribution in [2.75, 3.05) is 0 Å². The fourth-order valence-electron chi connectivity index (χ4n) is 2.48. The standard InChI is InChI=1S/C18H20/c1-13-10-15(3)18(16(4)11-13)12-14(2)17-8-6-5-7-9-17/h5-11H,2,12H2,1,3-4H3. The molecular weight excluding hydrogens is 216 g/mol. The van der Waals surface area contributed by atoms with Gasteiger partial charge in [-0.15, -0.1) is 0 Å². The second-order valence-corrected chi connectivity index (χ2v) is 5.02. The highest BCUT2D eigenvalue weighted by atomic mass is 14.1. The molecule has 0 heterocycles. The van der Waals surface area contributed by atoms with Gasteiger partial charge in [-0.1, -0.05) is 54.6 Å². The highest BCUT2D eigenvalue weighted by Crippen LogP contribution is 2.23. The van der Waals surface area contributed by atoms with Gasteiger partial charge in [-0.3, -0.25) is 0 Å². The SMILES string of the molecule is C=C(Cc1c(C)cc(C)cc1C)c1ccccc1. The van der Waals surface area contributed by atoms with E-state index in [2.05, 4.69) is 63.7 Å². The Bertz CT molecular complexity index is 539. The monoisotopic (exact) mass is 236 g/mol. The summed E-state index contributed by atoms with van der Waals surface area (Å²) in [6.07, 6.45) is 0.932. The molecule has 2 aromatic rings. The molecule has 0 atom stereocenters. The predicted molar refractivity (Wildman–Crippen MR) is 79.8 cm³/mol. The van der Waals surface area contributed by atoms with E-state index in [9.17, 15) is 0 Å². The normalized spacial score (nSPS) is 10.4. The van der Waals surface area contributed by atoms with Crippen LogP contribution >= 0.6 is 0 Å². The lowest BCUT2D eigenvalue weighted by Gasteiger charge is -2.13. The van der Waals surface area contributed by atoms with Gasteiger partial charge in [0.15, 0.2) is 0 Å². The highest BCUT2D eigenvalue weighted by Gasteiger charge is 2.06. The van der Waals surface area contributed by atoms with E-state index in [0.717, 1.165) is 6.42 Å². The van der Waals surface area contributed by atoms with E-state index in [1.165, 1.54) is 33.4 Å². The quantitative estimate of drug-likeness (QED) is 0.713. The smallest absolute Gasteiger partial charge is 0.00205 e. The average molecular weight is 236 g/mol. The van der Waals surface area contributed by atoms with Gasteiger partial charge < -0.3 is 0 Å². The summed E-state index contributed by atoms with van der Waals surface area (Å²) >= 11 is 0. The molecule has 0 unspecified atom stereocenters. The maximum absolute atomic E-state index is 4.22. The van der Waals surface area contributed by atoms with Crippen LogP contribution < -0.4 is 0 Å². The van der Waals surface area contributed by atoms with Gasteiger partial charge in [-0.2, -0.15) is 0 Å². The van der Waals surface area contributed by atoms with E-state index in [1.807, 2.05) is 6.07 Å². The summed E-state index contributed by atoms with van der Waals surface area (Å²) in [7, 11) is 0. The molecule has 0 aliphatic rings. The van der Waals surface area contributed by atoms with Crippen molar-refractivity contribution in [3.8, 4) is 0 Å². The lowest BCUT2D eigenvalue weighted by atomic mass is 9.92. The van der Waals surface area contributed by atoms with Crippen LogP contribution in [-0.2, 0) is 6.42 Å². The molecule has 0 amide bonds. The number of hydrogen-bond acceptors (Lipinski definition) is 0. The van der Waals surface area contributed by atoms with E-state index < -0.39 is 0 Å². The molecule has 2 aromatic carbocycles. The Morgan fingerprint density at radius 1 is 0.944 bits per heavy atom. The van der Waals surface area contributed by atoms with Crippen LogP contribution in [0.4, 0.5) is 0 Å². The van der Waals surface area contributed by atoms with Gasteiger partial charge in [-0.05, 0) is 55.0 Å². The van der Waals surface area contributed by atoms with Crippen LogP contribution in [0.25, 0.3) is 5.57 Å². The van der Waals surface area contributed by atoms with Gasteiger partial charge in [0.25, 0.3) is 0 Å². The Hall–Kier alpha value is -1.82. The van der Waals surface area contributed by atoms with Crippen molar-refractivity contribution in [3.63, 3.8) is 0 Å². The van der Waals surface area contributed by atoms with Crippen LogP contribution in [0, 0.1) is 20.8 Å². The number of benzene rings is 2. The molecular formula is C18H20. The Labute approximate surface area is 110 Å². The van der Waals surface area contributed by atoms with Crippen molar-refractivity contribution in [1.29, 1.82) is 0 Å². The summed E-state index contributed by atoms with van der Waals surface area (Å²) in [6, 6.07) is 14.9. The highest BCUT2D eigenvalue weighted by molar-refractivity contribution is 5.66. The molecule has 0 spiro atoms. The fourth-order valence-corrected chi connectivity index (χ4v) is 2.48. The van der Waals surface area contributed by atoms with Gasteiger partial charge in [0.2, 0.25) is 0 Å². The molecule has 0 bridgehead atoms. The van der Waals surface area contributed by atoms with E-state index >= 15 is 0 Å². The number of allylic oxidation sites excluding steroid dienone is 1. The third-order valence-corrected chi connectivity index (χ3v) is 3.41. The van der Waals surface area contributed by atoms with Gasteiger partial charge in [0.1, 0.15) is 0 Å². The summed E-state index contributed by atoms with van der Waals surface area (Å²) in [5, 5.41) is 0. The van der Waals surface area contributed by atoms with Crippen LogP contribution in [0.2, 0.25) is 0 Å². The van der Waals surface area contributed by atoms with Crippen molar-refractivity contribution in [3.05, 3.63) is 76.9 Å². The molecule has 0 saturated carbocycles. The van der Waals surface area contributed by atoms with Gasteiger partial charge in [0.05, 0.1) is 0 Å². The topological polar surface area (TPSA) is 0 Å². The van der Waals surface area contributed by atoms with Gasteiger partial charge in [-0.25, -0.2) is 0 Å². The van der Waals surface area contributed by atoms with Crippen LogP contribution in [0.1, 0.15) is 27.8 Å². The van der Waals surface area contributed by atoms with Crippen LogP contribution in [0.5, 0.6) is 0 Å². The Kier molecular flexibility index (Phi) is 3.66. The molecule has 0 aliphatic carbocycles. The van der Waals surface area contributed by atoms with Crippen LogP contribution in [0.3, 0.4) is 0 Å². The van der Waals surface area contributed by atoms with Crippen LogP contribution in [0.15, 0.2) is 49.0 Å². The number of rotatable bonds is 3. The summed E-state index contributed by atoms with van der Waals surface area (Å²) in [6.45, 7) is 10.7. The molecule has 0 heteroatoms. The minimum absolute atomic E-state index is 0.932. The third-order valence-electron chi connectivity index (χ3n) is 3.41. The zero-order valence-corrected chi connectivity index (χ0v) is 11.5. The number of aryl methyl sites for hydroxylation is 3. The second-order valence-electron chi connectivity index (χ2n) is 5.02. The molecule has 18 heavy (non-hydrogen) atoms. The number of hydrogen-bond donors (Lipinski definition) is 0. The molecule has 0 nitrogen and oxygen atoms in total. The first-order valence-corrected chi connectivity index (χ1v) is 6.38. The Morgan fingerprint density at radius 2 is 1.50 bits per heavy atom. The lowest BCUT2D eigenvalue weighted by Crippen LogP contribution is -1.97. The van der Waals surface area contributed by atoms with E-state index in [4.69, 9.17) is 0 Å². The predicted octanol–water partition coefficient (Wildman–Crippen LogP) is 4.87. The largest absolute Gasteiger partial charge is 0.0949 e. The summed E-state index contributed by atoms with van der Waals surface area (Å²) in [5.74, 6) is 0. The summed E-state index contributed by atoms with van der Waals surface area (Å²) in [4.78, 5) is 0. The first kappa shape index (κ1) is 12.6. The first-order chi connectivity index (χ1) is 8.58. The van der Waals surface area contributed by atoms with Crippen molar-refractivity contribution in [2.45, 2.75) is 27.2 Å². The van der Waals surface area contributed by atoms with Crippen LogP contribution in [-0.4, -0.2) is 0 Å². The molecule has 2 rings (SSSR count). The molecule has 92 valence electrons. The van der Waals surface area contributed by atoms with Crippen molar-refractivity contribution < 1.29 is 0 Å². The molecule has 0 saturated heterocycles. The minimum Gasteiger partial charge on any atom is -0.0949 e. The first-order valence-electron chi connectivity index (χ1n) is 6.38. The Balaban J connectivity index is 2.28. The fraction of sp³-hybridized carbons (Fsp3) is 0.222. The van der Waals surface area contributed by atoms with Crippen molar-refractivity contribution in [2.24, 2.45) is 0 Å². The molecule has 0 radical (unpaired) electrons. The zero-order valence-electron chi connectivity index (χ0n) is 11.5. The maximum Gasteiger partial charge on any atom is -0.00205 e. The maximum atomic E-state index is 4.22. The van der Waals surface area contributed by atoms with Crippen molar-refractivity contribution in [1.82, 2.24) is 0 Å². The van der Waals surface area contributed by atoms with E-state index in [0.29, 0.717) is 0 Å². The molecule has 0 aromatic heterocycles.